The van der Waals surface area contributed by atoms with Gasteiger partial charge in [0.05, 0.1) is 16.8 Å². The number of carbonyl (C=O) groups excluding carboxylic acids is 1. The Hall–Kier alpha value is -3.37. The summed E-state index contributed by atoms with van der Waals surface area (Å²) in [5.41, 5.74) is 6.93. The normalized spacial score (nSPS) is 15.3. The van der Waals surface area contributed by atoms with Crippen LogP contribution in [0.3, 0.4) is 0 Å². The lowest BCUT2D eigenvalue weighted by Gasteiger charge is -2.42. The van der Waals surface area contributed by atoms with Crippen LogP contribution in [0.2, 0.25) is 5.02 Å². The van der Waals surface area contributed by atoms with Gasteiger partial charge in [-0.15, -0.1) is 0 Å². The maximum Gasteiger partial charge on any atom is 0.284 e. The molecule has 5 rings (SSSR count). The Kier molecular flexibility index (Phi) is 5.66. The number of nitrogens with zero attached hydrogens (tertiary/aromatic N) is 6. The van der Waals surface area contributed by atoms with E-state index in [-0.39, 0.29) is 42.3 Å². The molecule has 0 radical (unpaired) electrons. The Morgan fingerprint density at radius 2 is 1.94 bits per heavy atom. The van der Waals surface area contributed by atoms with Gasteiger partial charge < -0.3 is 10.6 Å². The Labute approximate surface area is 194 Å². The molecule has 0 aliphatic carbocycles. The van der Waals surface area contributed by atoms with Crippen LogP contribution in [0.25, 0.3) is 11.2 Å². The van der Waals surface area contributed by atoms with Gasteiger partial charge in [0, 0.05) is 12.7 Å². The van der Waals surface area contributed by atoms with E-state index in [0.29, 0.717) is 34.4 Å². The first-order chi connectivity index (χ1) is 15.0. The molecule has 1 aliphatic heterocycles. The van der Waals surface area contributed by atoms with Crippen LogP contribution in [0.15, 0.2) is 53.7 Å². The Bertz CT molecular complexity index is 1390. The predicted octanol–water partition coefficient (Wildman–Crippen LogP) is 2.78. The summed E-state index contributed by atoms with van der Waals surface area (Å²) in [5.74, 6) is 0.869. The molecule has 11 heteroatoms. The lowest BCUT2D eigenvalue weighted by Crippen LogP contribution is -2.46. The predicted molar refractivity (Wildman–Crippen MR) is 127 cm³/mol. The summed E-state index contributed by atoms with van der Waals surface area (Å²) in [6, 6.07) is 10.6. The fraction of sp³-hybridized carbons (Fsp3) is 0.190. The summed E-state index contributed by atoms with van der Waals surface area (Å²) in [6.07, 6.45) is 3.71. The summed E-state index contributed by atoms with van der Waals surface area (Å²) in [6.45, 7) is 2.07. The molecule has 0 saturated carbocycles. The average molecular weight is 470 g/mol. The van der Waals surface area contributed by atoms with Gasteiger partial charge >= 0.3 is 0 Å². The smallest absolute Gasteiger partial charge is 0.284 e. The first-order valence-electron chi connectivity index (χ1n) is 9.70. The van der Waals surface area contributed by atoms with Crippen LogP contribution >= 0.6 is 25.1 Å². The van der Waals surface area contributed by atoms with E-state index in [4.69, 9.17) is 22.4 Å². The maximum atomic E-state index is 13.4. The van der Waals surface area contributed by atoms with Crippen molar-refractivity contribution in [2.45, 2.75) is 19.4 Å². The largest absolute Gasteiger partial charge is 0.383 e. The van der Waals surface area contributed by atoms with Crippen molar-refractivity contribution in [3.63, 3.8) is 0 Å². The summed E-state index contributed by atoms with van der Waals surface area (Å²) in [5, 5.41) is 5.06. The Morgan fingerprint density at radius 3 is 2.59 bits per heavy atom. The van der Waals surface area contributed by atoms with Crippen molar-refractivity contribution >= 4 is 48.0 Å². The van der Waals surface area contributed by atoms with E-state index in [0.717, 1.165) is 6.42 Å². The summed E-state index contributed by atoms with van der Waals surface area (Å²) in [7, 11) is 0. The van der Waals surface area contributed by atoms with Gasteiger partial charge in [-0.1, -0.05) is 29.8 Å². The zero-order valence-electron chi connectivity index (χ0n) is 17.1. The molecule has 4 aromatic rings. The third kappa shape index (κ3) is 3.32. The number of benzene rings is 1. The van der Waals surface area contributed by atoms with Crippen molar-refractivity contribution in [2.24, 2.45) is 0 Å². The number of para-hydroxylation sites is 1. The van der Waals surface area contributed by atoms with Gasteiger partial charge in [-0.3, -0.25) is 14.2 Å². The standard InChI is InChI=1S/C21H18ClN7O2.H2S/c1-12(30)16-18(23)24-11-25-20(16)27-9-8-15(27)19-26-28-10-7-14(22)17(28)21(31)29(19)13-5-3-2-4-6-13;/h2-7,10-11,15H,8-9H2,1H3,(H2,23,24,25);1H2/t15-;/m0./s1. The second kappa shape index (κ2) is 8.29. The minimum Gasteiger partial charge on any atom is -0.383 e. The first kappa shape index (κ1) is 21.8. The van der Waals surface area contributed by atoms with Crippen molar-refractivity contribution in [3.05, 3.63) is 75.7 Å². The van der Waals surface area contributed by atoms with Crippen LogP contribution in [-0.4, -0.2) is 36.5 Å². The number of rotatable bonds is 4. The summed E-state index contributed by atoms with van der Waals surface area (Å²) < 4.78 is 3.06. The number of nitrogens with two attached hydrogens (primary N) is 1. The van der Waals surface area contributed by atoms with Gasteiger partial charge in [0.25, 0.3) is 5.56 Å². The van der Waals surface area contributed by atoms with E-state index in [1.165, 1.54) is 17.8 Å². The van der Waals surface area contributed by atoms with Gasteiger partial charge in [-0.05, 0) is 31.5 Å². The molecule has 2 N–H and O–H groups in total. The highest BCUT2D eigenvalue weighted by Gasteiger charge is 2.37. The minimum absolute atomic E-state index is 0. The molecule has 9 nitrogen and oxygen atoms in total. The maximum absolute atomic E-state index is 13.4. The molecular weight excluding hydrogens is 450 g/mol. The average Bonchev–Trinajstić information content (AvgIpc) is 3.09. The van der Waals surface area contributed by atoms with Gasteiger partial charge in [0.2, 0.25) is 0 Å². The number of carbonyl (C=O) groups is 1. The summed E-state index contributed by atoms with van der Waals surface area (Å²) >= 11 is 6.26. The lowest BCUT2D eigenvalue weighted by molar-refractivity contribution is 0.101. The Balaban J connectivity index is 0.00000245. The van der Waals surface area contributed by atoms with E-state index in [2.05, 4.69) is 9.97 Å². The molecule has 1 aromatic carbocycles. The van der Waals surface area contributed by atoms with E-state index in [9.17, 15) is 9.59 Å². The molecule has 1 aliphatic rings. The summed E-state index contributed by atoms with van der Waals surface area (Å²) in [4.78, 5) is 35.9. The number of aromatic nitrogens is 5. The highest BCUT2D eigenvalue weighted by Crippen LogP contribution is 2.38. The third-order valence-corrected chi connectivity index (χ3v) is 5.78. The molecule has 1 saturated heterocycles. The molecular formula is C21H20ClN7O2S. The van der Waals surface area contributed by atoms with Crippen molar-refractivity contribution in [1.82, 2.24) is 24.1 Å². The molecule has 1 fully saturated rings. The zero-order chi connectivity index (χ0) is 21.7. The second-order valence-electron chi connectivity index (χ2n) is 7.30. The SMILES string of the molecule is CC(=O)c1c(N)ncnc1N1CC[C@H]1c1nn2ccc(Cl)c2c(=O)n1-c1ccccc1.S. The minimum atomic E-state index is -0.286. The van der Waals surface area contributed by atoms with E-state index in [1.807, 2.05) is 35.2 Å². The molecule has 32 heavy (non-hydrogen) atoms. The number of Topliss-reactive ketones (excluding diaryl/α,β-unsaturated/α-hetero) is 1. The highest BCUT2D eigenvalue weighted by atomic mass is 35.5. The first-order valence-corrected chi connectivity index (χ1v) is 10.1. The zero-order valence-corrected chi connectivity index (χ0v) is 18.8. The van der Waals surface area contributed by atoms with Crippen molar-refractivity contribution < 1.29 is 4.79 Å². The number of hydrogen-bond donors (Lipinski definition) is 1. The number of fused-ring (bicyclic) bond motifs is 1. The lowest BCUT2D eigenvalue weighted by atomic mass is 10.00. The van der Waals surface area contributed by atoms with Crippen LogP contribution in [-0.2, 0) is 0 Å². The van der Waals surface area contributed by atoms with Gasteiger partial charge in [-0.2, -0.15) is 18.6 Å². The number of ketones is 1. The second-order valence-corrected chi connectivity index (χ2v) is 7.71. The number of anilines is 2. The van der Waals surface area contributed by atoms with Gasteiger partial charge in [0.1, 0.15) is 29.0 Å². The van der Waals surface area contributed by atoms with Crippen molar-refractivity contribution in [1.29, 1.82) is 0 Å². The van der Waals surface area contributed by atoms with Crippen molar-refractivity contribution in [3.8, 4) is 5.69 Å². The molecule has 3 aromatic heterocycles. The van der Waals surface area contributed by atoms with Crippen LogP contribution < -0.4 is 16.2 Å². The molecule has 0 spiro atoms. The number of hydrogen-bond acceptors (Lipinski definition) is 7. The van der Waals surface area contributed by atoms with Crippen LogP contribution in [0.4, 0.5) is 11.6 Å². The molecule has 164 valence electrons. The van der Waals surface area contributed by atoms with Crippen LogP contribution in [0.5, 0.6) is 0 Å². The molecule has 1 atom stereocenters. The van der Waals surface area contributed by atoms with E-state index >= 15 is 0 Å². The monoisotopic (exact) mass is 469 g/mol. The molecule has 4 heterocycles. The van der Waals surface area contributed by atoms with Gasteiger partial charge in [-0.25, -0.2) is 14.5 Å². The molecule has 0 unspecified atom stereocenters. The van der Waals surface area contributed by atoms with Gasteiger partial charge in [0.15, 0.2) is 11.6 Å². The number of nitrogen functional groups attached to an aromatic ring is 1. The molecule has 0 amide bonds. The Morgan fingerprint density at radius 1 is 1.19 bits per heavy atom. The molecule has 0 bridgehead atoms. The van der Waals surface area contributed by atoms with Crippen LogP contribution in [0, 0.1) is 0 Å². The quantitative estimate of drug-likeness (QED) is 0.457. The van der Waals surface area contributed by atoms with E-state index in [1.54, 1.807) is 16.8 Å². The van der Waals surface area contributed by atoms with Crippen molar-refractivity contribution in [2.75, 3.05) is 17.2 Å². The highest BCUT2D eigenvalue weighted by molar-refractivity contribution is 7.59. The number of halogens is 1. The fourth-order valence-electron chi connectivity index (χ4n) is 3.94. The fourth-order valence-corrected chi connectivity index (χ4v) is 4.17. The van der Waals surface area contributed by atoms with Crippen LogP contribution in [0.1, 0.15) is 35.6 Å². The topological polar surface area (TPSA) is 111 Å². The van der Waals surface area contributed by atoms with E-state index < -0.39 is 0 Å². The third-order valence-electron chi connectivity index (χ3n) is 5.48.